The number of hydrogen-bond donors (Lipinski definition) is 2. The Bertz CT molecular complexity index is 718. The lowest BCUT2D eigenvalue weighted by Crippen LogP contribution is -2.30. The van der Waals surface area contributed by atoms with E-state index in [4.69, 9.17) is 12.2 Å². The lowest BCUT2D eigenvalue weighted by molar-refractivity contribution is 0.557. The molecule has 0 atom stereocenters. The number of aryl methyl sites for hydroxylation is 2. The first-order valence-corrected chi connectivity index (χ1v) is 8.28. The van der Waals surface area contributed by atoms with Crippen LogP contribution in [0.3, 0.4) is 0 Å². The summed E-state index contributed by atoms with van der Waals surface area (Å²) in [6.45, 7) is 5.31. The second-order valence-corrected chi connectivity index (χ2v) is 6.27. The molecule has 0 amide bonds. The lowest BCUT2D eigenvalue weighted by atomic mass is 10.3. The minimum Gasteiger partial charge on any atom is -0.362 e. The fraction of sp³-hybridized carbons (Fsp3) is 0.333. The topological polar surface area (TPSA) is 41.9 Å². The first kappa shape index (κ1) is 17.8. The van der Waals surface area contributed by atoms with E-state index in [0.29, 0.717) is 11.7 Å². The third-order valence-corrected chi connectivity index (χ3v) is 4.70. The SMILES string of the molecule is Cc1nn(CCCNC(=S)Nc2ccc(F)cc2F)c(C)c1Br. The largest absolute Gasteiger partial charge is 0.362 e. The number of benzene rings is 1. The van der Waals surface area contributed by atoms with Crippen LogP contribution in [0.15, 0.2) is 22.7 Å². The van der Waals surface area contributed by atoms with Gasteiger partial charge in [-0.3, -0.25) is 4.68 Å². The Kier molecular flexibility index (Phi) is 6.06. The molecule has 0 aliphatic heterocycles. The maximum absolute atomic E-state index is 13.5. The zero-order valence-electron chi connectivity index (χ0n) is 12.8. The molecular formula is C15H17BrF2N4S. The molecule has 0 aliphatic carbocycles. The zero-order valence-corrected chi connectivity index (χ0v) is 15.2. The van der Waals surface area contributed by atoms with E-state index in [0.717, 1.165) is 34.9 Å². The van der Waals surface area contributed by atoms with Crippen molar-refractivity contribution in [2.45, 2.75) is 26.8 Å². The highest BCUT2D eigenvalue weighted by atomic mass is 79.9. The van der Waals surface area contributed by atoms with Gasteiger partial charge in [0, 0.05) is 24.8 Å². The second kappa shape index (κ2) is 7.83. The highest BCUT2D eigenvalue weighted by Crippen LogP contribution is 2.19. The van der Waals surface area contributed by atoms with Crippen LogP contribution in [-0.2, 0) is 6.54 Å². The molecule has 0 aliphatic rings. The molecule has 0 fully saturated rings. The van der Waals surface area contributed by atoms with Crippen LogP contribution in [-0.4, -0.2) is 21.4 Å². The predicted octanol–water partition coefficient (Wildman–Crippen LogP) is 3.92. The number of nitrogens with zero attached hydrogens (tertiary/aromatic N) is 2. The van der Waals surface area contributed by atoms with Crippen molar-refractivity contribution in [3.63, 3.8) is 0 Å². The zero-order chi connectivity index (χ0) is 17.0. The third-order valence-electron chi connectivity index (χ3n) is 3.30. The normalized spacial score (nSPS) is 10.7. The van der Waals surface area contributed by atoms with Crippen LogP contribution in [0.4, 0.5) is 14.5 Å². The summed E-state index contributed by atoms with van der Waals surface area (Å²) >= 11 is 8.59. The summed E-state index contributed by atoms with van der Waals surface area (Å²) in [7, 11) is 0. The molecule has 23 heavy (non-hydrogen) atoms. The van der Waals surface area contributed by atoms with Crippen LogP contribution in [0.2, 0.25) is 0 Å². The summed E-state index contributed by atoms with van der Waals surface area (Å²) in [6.07, 6.45) is 0.808. The van der Waals surface area contributed by atoms with Gasteiger partial charge in [-0.25, -0.2) is 8.78 Å². The molecular weight excluding hydrogens is 386 g/mol. The van der Waals surface area contributed by atoms with E-state index in [9.17, 15) is 8.78 Å². The van der Waals surface area contributed by atoms with Crippen LogP contribution in [0.1, 0.15) is 17.8 Å². The molecule has 2 N–H and O–H groups in total. The van der Waals surface area contributed by atoms with Gasteiger partial charge in [0.05, 0.1) is 15.9 Å². The van der Waals surface area contributed by atoms with Gasteiger partial charge < -0.3 is 10.6 Å². The molecule has 1 aromatic carbocycles. The van der Waals surface area contributed by atoms with Gasteiger partial charge in [0.25, 0.3) is 0 Å². The van der Waals surface area contributed by atoms with Crippen molar-refractivity contribution in [1.29, 1.82) is 0 Å². The van der Waals surface area contributed by atoms with E-state index in [1.165, 1.54) is 12.1 Å². The number of halogens is 3. The van der Waals surface area contributed by atoms with Crippen LogP contribution in [0.25, 0.3) is 0 Å². The van der Waals surface area contributed by atoms with E-state index in [1.54, 1.807) is 0 Å². The third kappa shape index (κ3) is 4.71. The van der Waals surface area contributed by atoms with Crippen LogP contribution in [0.5, 0.6) is 0 Å². The summed E-state index contributed by atoms with van der Waals surface area (Å²) in [4.78, 5) is 0. The fourth-order valence-electron chi connectivity index (χ4n) is 2.08. The van der Waals surface area contributed by atoms with Gasteiger partial charge in [-0.15, -0.1) is 0 Å². The van der Waals surface area contributed by atoms with Gasteiger partial charge in [-0.1, -0.05) is 0 Å². The molecule has 0 bridgehead atoms. The molecule has 2 aromatic rings. The van der Waals surface area contributed by atoms with Gasteiger partial charge >= 0.3 is 0 Å². The van der Waals surface area contributed by atoms with Crippen molar-refractivity contribution in [3.05, 3.63) is 45.7 Å². The van der Waals surface area contributed by atoms with E-state index < -0.39 is 11.6 Å². The minimum absolute atomic E-state index is 0.145. The van der Waals surface area contributed by atoms with Crippen LogP contribution < -0.4 is 10.6 Å². The maximum atomic E-state index is 13.5. The quantitative estimate of drug-likeness (QED) is 0.587. The minimum atomic E-state index is -0.679. The molecule has 0 radical (unpaired) electrons. The number of aromatic nitrogens is 2. The summed E-state index contributed by atoms with van der Waals surface area (Å²) in [6, 6.07) is 3.30. The van der Waals surface area contributed by atoms with Crippen molar-refractivity contribution in [2.24, 2.45) is 0 Å². The highest BCUT2D eigenvalue weighted by Gasteiger charge is 2.08. The van der Waals surface area contributed by atoms with E-state index in [2.05, 4.69) is 31.7 Å². The van der Waals surface area contributed by atoms with Gasteiger partial charge in [0.1, 0.15) is 11.6 Å². The number of nitrogens with one attached hydrogen (secondary N) is 2. The Balaban J connectivity index is 1.77. The summed E-state index contributed by atoms with van der Waals surface area (Å²) in [5.41, 5.74) is 2.18. The molecule has 1 aromatic heterocycles. The first-order chi connectivity index (χ1) is 10.9. The highest BCUT2D eigenvalue weighted by molar-refractivity contribution is 9.10. The van der Waals surface area contributed by atoms with Crippen molar-refractivity contribution in [3.8, 4) is 0 Å². The molecule has 0 saturated heterocycles. The number of anilines is 1. The van der Waals surface area contributed by atoms with Gasteiger partial charge in [0.15, 0.2) is 5.11 Å². The molecule has 0 unspecified atom stereocenters. The number of rotatable bonds is 5. The standard InChI is InChI=1S/C15H17BrF2N4S/c1-9-14(16)10(2)22(21-9)7-3-6-19-15(23)20-13-5-4-11(17)8-12(13)18/h4-5,8H,3,6-7H2,1-2H3,(H2,19,20,23). The molecule has 8 heteroatoms. The van der Waals surface area contributed by atoms with Crippen molar-refractivity contribution >= 4 is 38.9 Å². The Morgan fingerprint density at radius 2 is 2.09 bits per heavy atom. The first-order valence-electron chi connectivity index (χ1n) is 7.08. The lowest BCUT2D eigenvalue weighted by Gasteiger charge is -2.11. The smallest absolute Gasteiger partial charge is 0.170 e. The van der Waals surface area contributed by atoms with Crippen molar-refractivity contribution < 1.29 is 8.78 Å². The molecule has 4 nitrogen and oxygen atoms in total. The molecule has 2 rings (SSSR count). The van der Waals surface area contributed by atoms with E-state index in [-0.39, 0.29) is 5.69 Å². The Labute approximate surface area is 147 Å². The van der Waals surface area contributed by atoms with Gasteiger partial charge in [0.2, 0.25) is 0 Å². The van der Waals surface area contributed by atoms with Crippen LogP contribution >= 0.6 is 28.1 Å². The van der Waals surface area contributed by atoms with E-state index in [1.807, 2.05) is 18.5 Å². The Morgan fingerprint density at radius 3 is 2.70 bits per heavy atom. The summed E-state index contributed by atoms with van der Waals surface area (Å²) < 4.78 is 29.3. The molecule has 0 saturated carbocycles. The van der Waals surface area contributed by atoms with Crippen LogP contribution in [0, 0.1) is 25.5 Å². The van der Waals surface area contributed by atoms with Gasteiger partial charge in [-0.05, 0) is 60.5 Å². The second-order valence-electron chi connectivity index (χ2n) is 5.07. The molecule has 1 heterocycles. The van der Waals surface area contributed by atoms with E-state index >= 15 is 0 Å². The average Bonchev–Trinajstić information content (AvgIpc) is 2.74. The summed E-state index contributed by atoms with van der Waals surface area (Å²) in [5.74, 6) is -1.30. The Hall–Kier alpha value is -1.54. The molecule has 124 valence electrons. The Morgan fingerprint density at radius 1 is 1.35 bits per heavy atom. The van der Waals surface area contributed by atoms with Crippen molar-refractivity contribution in [1.82, 2.24) is 15.1 Å². The molecule has 0 spiro atoms. The maximum Gasteiger partial charge on any atom is 0.170 e. The average molecular weight is 403 g/mol. The predicted molar refractivity (Wildman–Crippen MR) is 94.6 cm³/mol. The van der Waals surface area contributed by atoms with Gasteiger partial charge in [-0.2, -0.15) is 5.10 Å². The number of thiocarbonyl (C=S) groups is 1. The fourth-order valence-corrected chi connectivity index (χ4v) is 2.58. The van der Waals surface area contributed by atoms with Crippen molar-refractivity contribution in [2.75, 3.05) is 11.9 Å². The number of hydrogen-bond acceptors (Lipinski definition) is 2. The summed E-state index contributed by atoms with van der Waals surface area (Å²) in [5, 5.41) is 10.4. The monoisotopic (exact) mass is 402 g/mol.